The van der Waals surface area contributed by atoms with Crippen LogP contribution in [0.3, 0.4) is 0 Å². The predicted molar refractivity (Wildman–Crippen MR) is 121 cm³/mol. The standard InChI is InChI=1S/C26H44O2/c1-3-25(26-21-17-15-18-22-26)20-16-13-11-9-7-5-4-6-8-10-12-14-19-23-28-24(2)27/h15,17-18,21-22,25H,3-14,16,19-20,23H2,1-2H3. The van der Waals surface area contributed by atoms with Crippen molar-refractivity contribution in [3.05, 3.63) is 35.9 Å². The number of ether oxygens (including phenoxy) is 1. The van der Waals surface area contributed by atoms with Crippen LogP contribution in [0.25, 0.3) is 0 Å². The van der Waals surface area contributed by atoms with Gasteiger partial charge in [0.15, 0.2) is 0 Å². The predicted octanol–water partition coefficient (Wildman–Crippen LogP) is 8.20. The molecule has 160 valence electrons. The molecule has 0 saturated heterocycles. The average Bonchev–Trinajstić information content (AvgIpc) is 2.71. The zero-order chi connectivity index (χ0) is 20.3. The van der Waals surface area contributed by atoms with Crippen molar-refractivity contribution in [2.75, 3.05) is 6.61 Å². The van der Waals surface area contributed by atoms with Crippen LogP contribution in [-0.4, -0.2) is 12.6 Å². The normalized spacial score (nSPS) is 12.1. The van der Waals surface area contributed by atoms with E-state index in [0.29, 0.717) is 6.61 Å². The van der Waals surface area contributed by atoms with Crippen molar-refractivity contribution in [3.63, 3.8) is 0 Å². The number of hydrogen-bond acceptors (Lipinski definition) is 2. The molecule has 0 aromatic heterocycles. The van der Waals surface area contributed by atoms with Gasteiger partial charge in [0.25, 0.3) is 0 Å². The van der Waals surface area contributed by atoms with Crippen molar-refractivity contribution >= 4 is 5.97 Å². The molecule has 1 aromatic carbocycles. The number of carbonyl (C=O) groups excluding carboxylic acids is 1. The number of carbonyl (C=O) groups is 1. The van der Waals surface area contributed by atoms with E-state index in [2.05, 4.69) is 37.3 Å². The van der Waals surface area contributed by atoms with Gasteiger partial charge in [-0.3, -0.25) is 4.79 Å². The molecule has 1 aromatic rings. The summed E-state index contributed by atoms with van der Waals surface area (Å²) in [5, 5.41) is 0. The summed E-state index contributed by atoms with van der Waals surface area (Å²) in [5.74, 6) is 0.597. The van der Waals surface area contributed by atoms with E-state index in [1.165, 1.54) is 102 Å². The molecule has 1 atom stereocenters. The van der Waals surface area contributed by atoms with Gasteiger partial charge in [-0.2, -0.15) is 0 Å². The Kier molecular flexibility index (Phi) is 15.7. The minimum Gasteiger partial charge on any atom is -0.466 e. The van der Waals surface area contributed by atoms with Gasteiger partial charge < -0.3 is 4.74 Å². The third-order valence-electron chi connectivity index (χ3n) is 5.77. The molecule has 0 amide bonds. The minimum atomic E-state index is -0.155. The number of benzene rings is 1. The fraction of sp³-hybridized carbons (Fsp3) is 0.731. The Bertz CT molecular complexity index is 469. The first-order valence-corrected chi connectivity index (χ1v) is 11.9. The Labute approximate surface area is 174 Å². The van der Waals surface area contributed by atoms with Crippen LogP contribution >= 0.6 is 0 Å². The molecule has 0 spiro atoms. The molecule has 2 heteroatoms. The largest absolute Gasteiger partial charge is 0.466 e. The zero-order valence-electron chi connectivity index (χ0n) is 18.6. The van der Waals surface area contributed by atoms with Crippen molar-refractivity contribution in [2.24, 2.45) is 0 Å². The second-order valence-electron chi connectivity index (χ2n) is 8.24. The molecule has 2 nitrogen and oxygen atoms in total. The van der Waals surface area contributed by atoms with Crippen molar-refractivity contribution in [1.82, 2.24) is 0 Å². The molecule has 0 aliphatic rings. The van der Waals surface area contributed by atoms with E-state index in [1.807, 2.05) is 0 Å². The lowest BCUT2D eigenvalue weighted by molar-refractivity contribution is -0.141. The second kappa shape index (κ2) is 17.8. The molecule has 0 bridgehead atoms. The van der Waals surface area contributed by atoms with E-state index in [9.17, 15) is 4.79 Å². The van der Waals surface area contributed by atoms with Crippen LogP contribution in [0.5, 0.6) is 0 Å². The molecule has 1 rings (SSSR count). The quantitative estimate of drug-likeness (QED) is 0.187. The first-order chi connectivity index (χ1) is 13.7. The van der Waals surface area contributed by atoms with Crippen LogP contribution in [-0.2, 0) is 9.53 Å². The Morgan fingerprint density at radius 2 is 1.21 bits per heavy atom. The minimum absolute atomic E-state index is 0.155. The number of unbranched alkanes of at least 4 members (excludes halogenated alkanes) is 12. The number of hydrogen-bond donors (Lipinski definition) is 0. The lowest BCUT2D eigenvalue weighted by Crippen LogP contribution is -2.00. The topological polar surface area (TPSA) is 26.3 Å². The highest BCUT2D eigenvalue weighted by atomic mass is 16.5. The molecule has 0 radical (unpaired) electrons. The van der Waals surface area contributed by atoms with Gasteiger partial charge in [0.1, 0.15) is 0 Å². The van der Waals surface area contributed by atoms with Gasteiger partial charge in [-0.25, -0.2) is 0 Å². The van der Waals surface area contributed by atoms with Crippen molar-refractivity contribution in [1.29, 1.82) is 0 Å². The van der Waals surface area contributed by atoms with E-state index in [4.69, 9.17) is 4.74 Å². The van der Waals surface area contributed by atoms with Crippen LogP contribution < -0.4 is 0 Å². The number of esters is 1. The average molecular weight is 389 g/mol. The van der Waals surface area contributed by atoms with Gasteiger partial charge >= 0.3 is 5.97 Å². The van der Waals surface area contributed by atoms with E-state index in [0.717, 1.165) is 12.3 Å². The van der Waals surface area contributed by atoms with Gasteiger partial charge in [-0.05, 0) is 30.7 Å². The van der Waals surface area contributed by atoms with E-state index in [1.54, 1.807) is 0 Å². The molecule has 0 N–H and O–H groups in total. The van der Waals surface area contributed by atoms with Crippen molar-refractivity contribution in [2.45, 2.75) is 116 Å². The third-order valence-corrected chi connectivity index (χ3v) is 5.77. The Balaban J connectivity index is 1.81. The lowest BCUT2D eigenvalue weighted by Gasteiger charge is -2.15. The Morgan fingerprint density at radius 1 is 0.750 bits per heavy atom. The highest BCUT2D eigenvalue weighted by Gasteiger charge is 2.08. The Morgan fingerprint density at radius 3 is 1.68 bits per heavy atom. The lowest BCUT2D eigenvalue weighted by atomic mass is 9.91. The van der Waals surface area contributed by atoms with E-state index in [-0.39, 0.29) is 5.97 Å². The fourth-order valence-electron chi connectivity index (χ4n) is 3.98. The van der Waals surface area contributed by atoms with Crippen LogP contribution in [0.2, 0.25) is 0 Å². The van der Waals surface area contributed by atoms with Gasteiger partial charge in [0, 0.05) is 6.92 Å². The van der Waals surface area contributed by atoms with E-state index < -0.39 is 0 Å². The maximum Gasteiger partial charge on any atom is 0.302 e. The van der Waals surface area contributed by atoms with Crippen LogP contribution in [0.1, 0.15) is 122 Å². The van der Waals surface area contributed by atoms with Gasteiger partial charge in [-0.1, -0.05) is 114 Å². The maximum atomic E-state index is 10.6. The Hall–Kier alpha value is -1.31. The first-order valence-electron chi connectivity index (χ1n) is 11.9. The molecule has 0 saturated carbocycles. The maximum absolute atomic E-state index is 10.6. The smallest absolute Gasteiger partial charge is 0.302 e. The van der Waals surface area contributed by atoms with Gasteiger partial charge in [0.2, 0.25) is 0 Å². The molecule has 28 heavy (non-hydrogen) atoms. The number of rotatable bonds is 18. The summed E-state index contributed by atoms with van der Waals surface area (Å²) in [6, 6.07) is 11.0. The highest BCUT2D eigenvalue weighted by molar-refractivity contribution is 5.65. The molecule has 0 aliphatic carbocycles. The third kappa shape index (κ3) is 13.8. The van der Waals surface area contributed by atoms with Crippen LogP contribution in [0.4, 0.5) is 0 Å². The van der Waals surface area contributed by atoms with Crippen molar-refractivity contribution < 1.29 is 9.53 Å². The molecule has 0 fully saturated rings. The fourth-order valence-corrected chi connectivity index (χ4v) is 3.98. The summed E-state index contributed by atoms with van der Waals surface area (Å²) >= 11 is 0. The molecule has 0 aliphatic heterocycles. The van der Waals surface area contributed by atoms with Crippen molar-refractivity contribution in [3.8, 4) is 0 Å². The molecule has 0 heterocycles. The van der Waals surface area contributed by atoms with E-state index >= 15 is 0 Å². The first kappa shape index (κ1) is 24.7. The SMILES string of the molecule is CCC(CCCCCCCCCCCCCCCOC(C)=O)c1ccccc1. The monoisotopic (exact) mass is 388 g/mol. The van der Waals surface area contributed by atoms with Gasteiger partial charge in [0.05, 0.1) is 6.61 Å². The zero-order valence-corrected chi connectivity index (χ0v) is 18.6. The summed E-state index contributed by atoms with van der Waals surface area (Å²) < 4.78 is 4.95. The second-order valence-corrected chi connectivity index (χ2v) is 8.24. The van der Waals surface area contributed by atoms with Crippen LogP contribution in [0.15, 0.2) is 30.3 Å². The van der Waals surface area contributed by atoms with Crippen LogP contribution in [0, 0.1) is 0 Å². The summed E-state index contributed by atoms with van der Waals surface area (Å²) in [6.45, 7) is 4.40. The van der Waals surface area contributed by atoms with Gasteiger partial charge in [-0.15, -0.1) is 0 Å². The summed E-state index contributed by atoms with van der Waals surface area (Å²) in [4.78, 5) is 10.6. The molecular weight excluding hydrogens is 344 g/mol. The summed E-state index contributed by atoms with van der Waals surface area (Å²) in [5.41, 5.74) is 1.52. The summed E-state index contributed by atoms with van der Waals surface area (Å²) in [7, 11) is 0. The summed E-state index contributed by atoms with van der Waals surface area (Å²) in [6.07, 6.45) is 20.0. The highest BCUT2D eigenvalue weighted by Crippen LogP contribution is 2.25. The molecular formula is C26H44O2. The molecule has 1 unspecified atom stereocenters.